The van der Waals surface area contributed by atoms with Gasteiger partial charge in [0.15, 0.2) is 12.1 Å². The van der Waals surface area contributed by atoms with Crippen molar-refractivity contribution >= 4 is 35.3 Å². The molecule has 0 saturated carbocycles. The number of aliphatic hydroxyl groups excluding tert-OH is 4. The number of likely N-dealkylation sites (tertiary alicyclic amines) is 1. The van der Waals surface area contributed by atoms with Crippen LogP contribution in [-0.4, -0.2) is 186 Å². The van der Waals surface area contributed by atoms with Crippen molar-refractivity contribution in [3.8, 4) is 0 Å². The van der Waals surface area contributed by atoms with Crippen LogP contribution in [0.3, 0.4) is 0 Å². The second-order valence-corrected chi connectivity index (χ2v) is 20.7. The summed E-state index contributed by atoms with van der Waals surface area (Å²) in [6.07, 6.45) is -8.80. The second kappa shape index (κ2) is 28.9. The molecule has 0 spiro atoms. The summed E-state index contributed by atoms with van der Waals surface area (Å²) in [7, 11) is 6.22. The lowest BCUT2D eigenvalue weighted by Crippen LogP contribution is -2.60. The zero-order chi connectivity index (χ0) is 55.1. The first-order chi connectivity index (χ1) is 35.0. The van der Waals surface area contributed by atoms with Gasteiger partial charge in [0, 0.05) is 40.5 Å². The minimum Gasteiger partial charge on any atom is -0.445 e. The average molecular weight is 1040 g/mol. The lowest BCUT2D eigenvalue weighted by Gasteiger charge is -2.42. The summed E-state index contributed by atoms with van der Waals surface area (Å²) < 4.78 is 29.5. The van der Waals surface area contributed by atoms with E-state index in [9.17, 15) is 44.4 Å². The largest absolute Gasteiger partial charge is 0.445 e. The number of aliphatic hydroxyl groups is 4. The number of likely N-dealkylation sites (N-methyl/N-ethyl adjacent to an activating group) is 2. The number of carbonyl (C=O) groups is 5. The first-order valence-electron chi connectivity index (χ1n) is 26.0. The Morgan fingerprint density at radius 2 is 1.51 bits per heavy atom. The Hall–Kier alpha value is -4.77. The number of nitrogens with two attached hydrogens (primary N) is 1. The Kier molecular flexibility index (Phi) is 24.2. The highest BCUT2D eigenvalue weighted by Gasteiger charge is 2.47. The van der Waals surface area contributed by atoms with Gasteiger partial charge in [-0.3, -0.25) is 24.5 Å². The number of ether oxygens (including phenoxy) is 5. The summed E-state index contributed by atoms with van der Waals surface area (Å²) >= 11 is 0. The molecule has 20 heteroatoms. The number of amides is 4. The molecule has 2 aromatic carbocycles. The number of hydrogen-bond acceptors (Lipinski definition) is 16. The van der Waals surface area contributed by atoms with Crippen LogP contribution in [0.4, 0.5) is 10.5 Å². The van der Waals surface area contributed by atoms with Crippen LogP contribution in [0.2, 0.25) is 0 Å². The molecule has 0 aromatic heterocycles. The number of carbonyl (C=O) groups excluding carboxylic acids is 5. The molecule has 4 amide bonds. The van der Waals surface area contributed by atoms with Crippen LogP contribution in [-0.2, 0) is 49.5 Å². The maximum absolute atomic E-state index is 14.6. The minimum atomic E-state index is -1.66. The highest BCUT2D eigenvalue weighted by Crippen LogP contribution is 2.32. The van der Waals surface area contributed by atoms with E-state index in [2.05, 4.69) is 10.6 Å². The maximum atomic E-state index is 14.6. The van der Waals surface area contributed by atoms with Crippen LogP contribution in [0.15, 0.2) is 54.6 Å². The number of Topliss-reactive ketones (excluding diaryl/α,β-unsaturated/α-hetero) is 1. The Morgan fingerprint density at radius 1 is 0.865 bits per heavy atom. The van der Waals surface area contributed by atoms with Crippen molar-refractivity contribution in [2.75, 3.05) is 53.7 Å². The van der Waals surface area contributed by atoms with Gasteiger partial charge in [0.1, 0.15) is 37.1 Å². The molecule has 2 heterocycles. The molecule has 2 fully saturated rings. The summed E-state index contributed by atoms with van der Waals surface area (Å²) in [5, 5.41) is 47.6. The van der Waals surface area contributed by atoms with Crippen molar-refractivity contribution in [2.45, 2.75) is 167 Å². The predicted octanol–water partition coefficient (Wildman–Crippen LogP) is 3.03. The van der Waals surface area contributed by atoms with Gasteiger partial charge in [-0.05, 0) is 60.8 Å². The molecule has 2 aliphatic rings. The van der Waals surface area contributed by atoms with Crippen LogP contribution in [0.5, 0.6) is 0 Å². The predicted molar refractivity (Wildman–Crippen MR) is 277 cm³/mol. The first-order valence-corrected chi connectivity index (χ1v) is 26.0. The van der Waals surface area contributed by atoms with Crippen molar-refractivity contribution in [3.05, 3.63) is 65.7 Å². The van der Waals surface area contributed by atoms with Gasteiger partial charge in [-0.15, -0.1) is 0 Å². The molecule has 2 saturated heterocycles. The molecule has 0 aliphatic carbocycles. The Bertz CT molecular complexity index is 2080. The molecular formula is C54H86N6O14. The number of ketones is 1. The third-order valence-electron chi connectivity index (χ3n) is 14.8. The number of nitrogens with zero attached hydrogens (tertiary/aromatic N) is 3. The fraction of sp³-hybridized carbons (Fsp3) is 0.685. The highest BCUT2D eigenvalue weighted by molar-refractivity contribution is 5.90. The van der Waals surface area contributed by atoms with E-state index in [1.54, 1.807) is 85.3 Å². The van der Waals surface area contributed by atoms with Crippen LogP contribution in [0.25, 0.3) is 0 Å². The van der Waals surface area contributed by atoms with E-state index in [0.29, 0.717) is 37.1 Å². The van der Waals surface area contributed by atoms with Crippen molar-refractivity contribution < 1.29 is 68.1 Å². The van der Waals surface area contributed by atoms with E-state index < -0.39 is 104 Å². The zero-order valence-corrected chi connectivity index (χ0v) is 45.5. The van der Waals surface area contributed by atoms with Gasteiger partial charge in [-0.25, -0.2) is 4.79 Å². The van der Waals surface area contributed by atoms with Gasteiger partial charge < -0.3 is 69.9 Å². The minimum absolute atomic E-state index is 0.00212. The smallest absolute Gasteiger partial charge is 0.410 e. The Balaban J connectivity index is 1.45. The fourth-order valence-corrected chi connectivity index (χ4v) is 10.3. The van der Waals surface area contributed by atoms with Gasteiger partial charge in [0.05, 0.1) is 67.9 Å². The molecule has 0 bridgehead atoms. The molecule has 20 nitrogen and oxygen atoms in total. The number of rotatable bonds is 27. The fourth-order valence-electron chi connectivity index (χ4n) is 10.3. The van der Waals surface area contributed by atoms with Gasteiger partial charge >= 0.3 is 6.09 Å². The van der Waals surface area contributed by atoms with E-state index >= 15 is 0 Å². The normalized spacial score (nSPS) is 23.7. The van der Waals surface area contributed by atoms with Crippen molar-refractivity contribution in [1.29, 1.82) is 0 Å². The monoisotopic (exact) mass is 1040 g/mol. The molecule has 15 atom stereocenters. The molecule has 4 rings (SSSR count). The van der Waals surface area contributed by atoms with Crippen molar-refractivity contribution in [2.24, 2.45) is 23.7 Å². The highest BCUT2D eigenvalue weighted by atomic mass is 16.7. The number of nitrogen functional groups attached to an aromatic ring is 1. The van der Waals surface area contributed by atoms with Crippen LogP contribution in [0, 0.1) is 23.7 Å². The van der Waals surface area contributed by atoms with Crippen LogP contribution < -0.4 is 16.4 Å². The number of hydrogen-bond donors (Lipinski definition) is 7. The first kappa shape index (κ1) is 61.8. The van der Waals surface area contributed by atoms with Crippen LogP contribution >= 0.6 is 0 Å². The van der Waals surface area contributed by atoms with Crippen LogP contribution in [0.1, 0.15) is 98.3 Å². The van der Waals surface area contributed by atoms with Gasteiger partial charge in [-0.1, -0.05) is 97.4 Å². The Morgan fingerprint density at radius 3 is 2.08 bits per heavy atom. The Labute approximate surface area is 437 Å². The maximum Gasteiger partial charge on any atom is 0.410 e. The topological polar surface area (TPSA) is 272 Å². The molecule has 416 valence electrons. The SMILES string of the molecule is CCC(C)C(C(CC(=O)N1CCCC1C(OC)C(C)C(=O)NC(C)C(OC1OC(CO)C(O)C(O)C1O)c1ccccc1)OC)N(C)C(=O)C(NCC(=O)C(C(C)C)N(C)C(=O)OCc1ccc(N)cc1)C(C)C. The molecule has 2 aliphatic heterocycles. The second-order valence-electron chi connectivity index (χ2n) is 20.7. The van der Waals surface area contributed by atoms with Gasteiger partial charge in [0.2, 0.25) is 17.7 Å². The van der Waals surface area contributed by atoms with Gasteiger partial charge in [-0.2, -0.15) is 0 Å². The number of nitrogens with one attached hydrogen (secondary N) is 2. The van der Waals surface area contributed by atoms with E-state index in [0.717, 1.165) is 5.56 Å². The summed E-state index contributed by atoms with van der Waals surface area (Å²) in [4.78, 5) is 75.0. The molecule has 15 unspecified atom stereocenters. The molecule has 0 radical (unpaired) electrons. The zero-order valence-electron chi connectivity index (χ0n) is 45.5. The summed E-state index contributed by atoms with van der Waals surface area (Å²) in [6, 6.07) is 12.4. The summed E-state index contributed by atoms with van der Waals surface area (Å²) in [6.45, 7) is 14.5. The third kappa shape index (κ3) is 15.7. The van der Waals surface area contributed by atoms with Crippen molar-refractivity contribution in [1.82, 2.24) is 25.3 Å². The third-order valence-corrected chi connectivity index (χ3v) is 14.8. The van der Waals surface area contributed by atoms with E-state index in [1.165, 1.54) is 26.2 Å². The molecular weight excluding hydrogens is 957 g/mol. The molecule has 2 aromatic rings. The quantitative estimate of drug-likeness (QED) is 0.0634. The molecule has 74 heavy (non-hydrogen) atoms. The van der Waals surface area contributed by atoms with E-state index in [-0.39, 0.29) is 54.9 Å². The summed E-state index contributed by atoms with van der Waals surface area (Å²) in [5.74, 6) is -2.63. The van der Waals surface area contributed by atoms with Gasteiger partial charge in [0.25, 0.3) is 0 Å². The van der Waals surface area contributed by atoms with Crippen molar-refractivity contribution in [3.63, 3.8) is 0 Å². The lowest BCUT2D eigenvalue weighted by molar-refractivity contribution is -0.314. The lowest BCUT2D eigenvalue weighted by atomic mass is 9.89. The number of anilines is 1. The average Bonchev–Trinajstić information content (AvgIpc) is 3.87. The van der Waals surface area contributed by atoms with E-state index in [1.807, 2.05) is 41.5 Å². The summed E-state index contributed by atoms with van der Waals surface area (Å²) in [5.41, 5.74) is 7.73. The standard InChI is InChI=1S/C54H86N6O14/c1-13-32(6)45(58(9)52(68)43(30(2)3)56-27-39(62)44(31(4)5)59(10)54(69)72-29-35-21-23-37(55)24-22-35)40(70-11)26-42(63)60-25-17-20-38(60)49(71-12)33(7)51(67)57-34(8)50(36-18-15-14-16-19-36)74-53-48(66)47(65)46(64)41(28-61)73-53/h14-16,18-19,21-24,30-34,38,40-41,43-50,53,56,61,64-66H,13,17,20,25-29,55H2,1-12H3,(H,57,67). The number of methoxy groups -OCH3 is 2. The van der Waals surface area contributed by atoms with E-state index in [4.69, 9.17) is 29.4 Å². The molecule has 8 N–H and O–H groups in total. The number of benzene rings is 2.